The lowest BCUT2D eigenvalue weighted by Gasteiger charge is -2.43. The molecule has 134 valence electrons. The minimum Gasteiger partial charge on any atom is -0.377 e. The van der Waals surface area contributed by atoms with Crippen molar-refractivity contribution in [2.24, 2.45) is 5.41 Å². The van der Waals surface area contributed by atoms with Crippen LogP contribution in [-0.2, 0) is 22.6 Å². The lowest BCUT2D eigenvalue weighted by molar-refractivity contribution is -0.0685. The van der Waals surface area contributed by atoms with E-state index in [0.29, 0.717) is 12.7 Å². The van der Waals surface area contributed by atoms with Crippen molar-refractivity contribution in [3.05, 3.63) is 46.2 Å². The lowest BCUT2D eigenvalue weighted by atomic mass is 9.77. The molecule has 5 nitrogen and oxygen atoms in total. The third kappa shape index (κ3) is 3.92. The van der Waals surface area contributed by atoms with Crippen LogP contribution < -0.4 is 0 Å². The van der Waals surface area contributed by atoms with Gasteiger partial charge in [0.1, 0.15) is 5.01 Å². The van der Waals surface area contributed by atoms with Crippen molar-refractivity contribution in [2.45, 2.75) is 39.0 Å². The van der Waals surface area contributed by atoms with Crippen LogP contribution in [0.3, 0.4) is 0 Å². The second-order valence-electron chi connectivity index (χ2n) is 7.20. The number of pyridine rings is 1. The fraction of sp³-hybridized carbons (Fsp3) is 0.579. The van der Waals surface area contributed by atoms with E-state index in [-0.39, 0.29) is 5.41 Å². The molecular weight excluding hydrogens is 334 g/mol. The van der Waals surface area contributed by atoms with Crippen LogP contribution in [0.1, 0.15) is 29.1 Å². The lowest BCUT2D eigenvalue weighted by Crippen LogP contribution is -2.51. The van der Waals surface area contributed by atoms with E-state index in [2.05, 4.69) is 27.2 Å². The van der Waals surface area contributed by atoms with Crippen LogP contribution in [0.25, 0.3) is 0 Å². The molecule has 2 aliphatic heterocycles. The highest BCUT2D eigenvalue weighted by molar-refractivity contribution is 7.09. The first-order valence-electron chi connectivity index (χ1n) is 8.95. The zero-order valence-corrected chi connectivity index (χ0v) is 15.5. The number of aromatic nitrogens is 2. The number of hydrogen-bond acceptors (Lipinski definition) is 6. The molecule has 2 aromatic rings. The van der Waals surface area contributed by atoms with Crippen LogP contribution in [0.15, 0.2) is 29.9 Å². The van der Waals surface area contributed by atoms with Crippen molar-refractivity contribution in [2.75, 3.05) is 26.3 Å². The van der Waals surface area contributed by atoms with E-state index in [4.69, 9.17) is 9.47 Å². The Morgan fingerprint density at radius 3 is 3.08 bits per heavy atom. The van der Waals surface area contributed by atoms with Crippen molar-refractivity contribution in [3.63, 3.8) is 0 Å². The second-order valence-corrected chi connectivity index (χ2v) is 8.14. The summed E-state index contributed by atoms with van der Waals surface area (Å²) in [6.07, 6.45) is 6.14. The highest BCUT2D eigenvalue weighted by Crippen LogP contribution is 2.41. The fourth-order valence-electron chi connectivity index (χ4n) is 4.00. The summed E-state index contributed by atoms with van der Waals surface area (Å²) >= 11 is 1.76. The number of rotatable bonds is 6. The van der Waals surface area contributed by atoms with Gasteiger partial charge < -0.3 is 9.47 Å². The number of piperidine rings is 1. The molecule has 0 unspecified atom stereocenters. The first-order valence-corrected chi connectivity index (χ1v) is 9.83. The van der Waals surface area contributed by atoms with Gasteiger partial charge in [0, 0.05) is 48.6 Å². The quantitative estimate of drug-likeness (QED) is 0.793. The molecular formula is C19H25N3O2S. The monoisotopic (exact) mass is 359 g/mol. The Kier molecular flexibility index (Phi) is 5.12. The molecule has 0 saturated carbocycles. The van der Waals surface area contributed by atoms with Crippen LogP contribution in [-0.4, -0.2) is 47.3 Å². The Bertz CT molecular complexity index is 693. The molecule has 25 heavy (non-hydrogen) atoms. The van der Waals surface area contributed by atoms with Gasteiger partial charge in [-0.1, -0.05) is 0 Å². The number of nitrogens with zero attached hydrogens (tertiary/aromatic N) is 3. The maximum atomic E-state index is 6.12. The Morgan fingerprint density at radius 2 is 2.28 bits per heavy atom. The number of hydrogen-bond donors (Lipinski definition) is 0. The van der Waals surface area contributed by atoms with Gasteiger partial charge in [0.2, 0.25) is 0 Å². The van der Waals surface area contributed by atoms with Crippen LogP contribution in [0.5, 0.6) is 0 Å². The Hall–Kier alpha value is -1.34. The molecule has 0 N–H and O–H groups in total. The number of ether oxygens (including phenoxy) is 2. The average Bonchev–Trinajstić information content (AvgIpc) is 3.22. The predicted molar refractivity (Wildman–Crippen MR) is 97.4 cm³/mol. The predicted octanol–water partition coefficient (Wildman–Crippen LogP) is 3.04. The number of thiazole rings is 1. The molecule has 0 amide bonds. The first kappa shape index (κ1) is 17.1. The van der Waals surface area contributed by atoms with Gasteiger partial charge in [0.25, 0.3) is 0 Å². The maximum absolute atomic E-state index is 6.12. The molecule has 4 rings (SSSR count). The molecule has 2 aliphatic rings. The molecule has 0 spiro atoms. The van der Waals surface area contributed by atoms with Crippen LogP contribution in [0.2, 0.25) is 0 Å². The van der Waals surface area contributed by atoms with Gasteiger partial charge in [-0.25, -0.2) is 4.98 Å². The second kappa shape index (κ2) is 7.50. The molecule has 0 radical (unpaired) electrons. The molecule has 2 atom stereocenters. The Labute approximate surface area is 153 Å². The van der Waals surface area contributed by atoms with E-state index in [0.717, 1.165) is 51.4 Å². The minimum absolute atomic E-state index is 0.123. The highest BCUT2D eigenvalue weighted by atomic mass is 32.1. The molecule has 2 aromatic heterocycles. The highest BCUT2D eigenvalue weighted by Gasteiger charge is 2.48. The molecule has 4 heterocycles. The van der Waals surface area contributed by atoms with Crippen LogP contribution in [0, 0.1) is 12.3 Å². The standard InChI is InChI=1S/C19H25N3O2S/c1-15-12-25-18(21-15)10-22-8-4-17-19(13-22,5-9-24-17)14-23-11-16-2-6-20-7-3-16/h2-3,6-7,12,17H,4-5,8-11,13-14H2,1H3/t17-,19+/m1/s1. The molecule has 2 saturated heterocycles. The third-order valence-corrected chi connectivity index (χ3v) is 6.23. The van der Waals surface area contributed by atoms with E-state index >= 15 is 0 Å². The smallest absolute Gasteiger partial charge is 0.107 e. The van der Waals surface area contributed by atoms with Crippen molar-refractivity contribution >= 4 is 11.3 Å². The van der Waals surface area contributed by atoms with E-state index in [1.807, 2.05) is 24.5 Å². The van der Waals surface area contributed by atoms with Crippen LogP contribution in [0.4, 0.5) is 0 Å². The van der Waals surface area contributed by atoms with Gasteiger partial charge in [-0.3, -0.25) is 9.88 Å². The summed E-state index contributed by atoms with van der Waals surface area (Å²) < 4.78 is 12.2. The minimum atomic E-state index is 0.123. The zero-order valence-electron chi connectivity index (χ0n) is 14.7. The van der Waals surface area contributed by atoms with Crippen molar-refractivity contribution in [3.8, 4) is 0 Å². The molecule has 6 heteroatoms. The van der Waals surface area contributed by atoms with E-state index in [1.54, 1.807) is 11.3 Å². The fourth-order valence-corrected chi connectivity index (χ4v) is 4.81. The van der Waals surface area contributed by atoms with E-state index in [1.165, 1.54) is 10.6 Å². The Morgan fingerprint density at radius 1 is 1.40 bits per heavy atom. The van der Waals surface area contributed by atoms with Crippen molar-refractivity contribution in [1.29, 1.82) is 0 Å². The zero-order chi connectivity index (χ0) is 17.1. The van der Waals surface area contributed by atoms with Gasteiger partial charge in [-0.2, -0.15) is 0 Å². The topological polar surface area (TPSA) is 47.5 Å². The summed E-state index contributed by atoms with van der Waals surface area (Å²) in [6, 6.07) is 4.02. The molecule has 0 bridgehead atoms. The number of likely N-dealkylation sites (tertiary alicyclic amines) is 1. The molecule has 0 aliphatic carbocycles. The molecule has 0 aromatic carbocycles. The number of fused-ring (bicyclic) bond motifs is 1. The normalized spacial score (nSPS) is 26.7. The van der Waals surface area contributed by atoms with Crippen LogP contribution >= 0.6 is 11.3 Å². The molecule has 2 fully saturated rings. The summed E-state index contributed by atoms with van der Waals surface area (Å²) in [7, 11) is 0. The summed E-state index contributed by atoms with van der Waals surface area (Å²) in [5, 5.41) is 3.34. The maximum Gasteiger partial charge on any atom is 0.107 e. The Balaban J connectivity index is 1.38. The van der Waals surface area contributed by atoms with Gasteiger partial charge in [-0.05, 0) is 37.5 Å². The summed E-state index contributed by atoms with van der Waals surface area (Å²) in [5.74, 6) is 0. The summed E-state index contributed by atoms with van der Waals surface area (Å²) in [4.78, 5) is 11.2. The summed E-state index contributed by atoms with van der Waals surface area (Å²) in [6.45, 7) is 7.37. The van der Waals surface area contributed by atoms with Crippen molar-refractivity contribution < 1.29 is 9.47 Å². The largest absolute Gasteiger partial charge is 0.377 e. The van der Waals surface area contributed by atoms with Gasteiger partial charge in [0.15, 0.2) is 0 Å². The first-order chi connectivity index (χ1) is 12.2. The van der Waals surface area contributed by atoms with Gasteiger partial charge in [-0.15, -0.1) is 11.3 Å². The van der Waals surface area contributed by atoms with Gasteiger partial charge >= 0.3 is 0 Å². The van der Waals surface area contributed by atoms with Gasteiger partial charge in [0.05, 0.1) is 25.9 Å². The third-order valence-electron chi connectivity index (χ3n) is 5.28. The van der Waals surface area contributed by atoms with Crippen molar-refractivity contribution in [1.82, 2.24) is 14.9 Å². The van der Waals surface area contributed by atoms with E-state index < -0.39 is 0 Å². The van der Waals surface area contributed by atoms with E-state index in [9.17, 15) is 0 Å². The SMILES string of the molecule is Cc1csc(CN2CC[C@H]3OCC[C@@]3(COCc3ccncc3)C2)n1. The summed E-state index contributed by atoms with van der Waals surface area (Å²) in [5.41, 5.74) is 2.42. The average molecular weight is 359 g/mol. The number of aryl methyl sites for hydroxylation is 1.